The van der Waals surface area contributed by atoms with Gasteiger partial charge < -0.3 is 29.3 Å². The predicted molar refractivity (Wildman–Crippen MR) is 177 cm³/mol. The number of phosphoric acid groups is 1. The van der Waals surface area contributed by atoms with Gasteiger partial charge in [-0.1, -0.05) is 24.3 Å². The third-order valence-electron chi connectivity index (χ3n) is 9.57. The highest BCUT2D eigenvalue weighted by Crippen LogP contribution is 2.61. The summed E-state index contributed by atoms with van der Waals surface area (Å²) in [5, 5.41) is 19.5. The van der Waals surface area contributed by atoms with Gasteiger partial charge in [-0.15, -0.1) is 11.8 Å². The molecule has 282 valence electrons. The lowest BCUT2D eigenvalue weighted by atomic mass is 9.49. The Bertz CT molecular complexity index is 2030. The molecule has 5 aliphatic rings. The SMILES string of the molecule is O=C(CO)OCOP(=O)(OCOC(=O)CO)OCOc1c2n(ccc1=O)N([C@@H]1c3ccccc3SCc3c1ccc(F)c3F)CN(C13CC(C1)C3)C2=O. The third kappa shape index (κ3) is 6.93. The van der Waals surface area contributed by atoms with Gasteiger partial charge in [0.1, 0.15) is 19.9 Å². The van der Waals surface area contributed by atoms with E-state index in [0.29, 0.717) is 11.5 Å². The van der Waals surface area contributed by atoms with E-state index in [1.807, 2.05) is 24.3 Å². The van der Waals surface area contributed by atoms with Crippen LogP contribution in [0.2, 0.25) is 0 Å². The normalized spacial score (nSPS) is 21.3. The molecular weight excluding hydrogens is 747 g/mol. The molecule has 0 unspecified atom stereocenters. The van der Waals surface area contributed by atoms with Crippen molar-refractivity contribution in [2.45, 2.75) is 41.5 Å². The number of aliphatic hydroxyl groups excluding tert-OH is 2. The van der Waals surface area contributed by atoms with Gasteiger partial charge in [-0.25, -0.2) is 36.5 Å². The lowest BCUT2D eigenvalue weighted by Gasteiger charge is -2.67. The van der Waals surface area contributed by atoms with Crippen molar-refractivity contribution in [2.75, 3.05) is 45.3 Å². The number of nitrogens with zero attached hydrogens (tertiary/aromatic N) is 3. The molecule has 3 fully saturated rings. The molecule has 0 radical (unpaired) electrons. The maximum atomic E-state index is 15.5. The average molecular weight is 780 g/mol. The first-order chi connectivity index (χ1) is 25.5. The number of benzene rings is 2. The molecule has 53 heavy (non-hydrogen) atoms. The number of aromatic nitrogens is 1. The molecule has 3 aliphatic carbocycles. The van der Waals surface area contributed by atoms with Gasteiger partial charge in [-0.05, 0) is 48.4 Å². The number of carbonyl (C=O) groups is 3. The molecular formula is C33H32F2N3O13PS. The van der Waals surface area contributed by atoms with Crippen LogP contribution >= 0.6 is 19.6 Å². The highest BCUT2D eigenvalue weighted by Gasteiger charge is 2.63. The third-order valence-corrected chi connectivity index (χ3v) is 11.9. The van der Waals surface area contributed by atoms with Crippen molar-refractivity contribution in [3.05, 3.63) is 92.9 Å². The van der Waals surface area contributed by atoms with E-state index in [4.69, 9.17) is 28.5 Å². The molecule has 1 aromatic heterocycles. The number of carbonyl (C=O) groups excluding carboxylic acids is 3. The number of hydrogen-bond donors (Lipinski definition) is 2. The molecule has 3 saturated carbocycles. The van der Waals surface area contributed by atoms with E-state index in [2.05, 4.69) is 9.47 Å². The van der Waals surface area contributed by atoms with Gasteiger partial charge in [0.2, 0.25) is 31.6 Å². The van der Waals surface area contributed by atoms with E-state index in [1.165, 1.54) is 28.7 Å². The number of thioether (sulfide) groups is 1. The fourth-order valence-electron chi connectivity index (χ4n) is 6.95. The minimum atomic E-state index is -4.82. The highest BCUT2D eigenvalue weighted by molar-refractivity contribution is 7.98. The Hall–Kier alpha value is -4.36. The van der Waals surface area contributed by atoms with Gasteiger partial charge >= 0.3 is 19.8 Å². The van der Waals surface area contributed by atoms with Crippen molar-refractivity contribution in [3.8, 4) is 5.75 Å². The zero-order valence-corrected chi connectivity index (χ0v) is 29.4. The summed E-state index contributed by atoms with van der Waals surface area (Å²) in [6, 6.07) is 10.3. The minimum absolute atomic E-state index is 0.0233. The fraction of sp³-hybridized carbons (Fsp3) is 0.394. The smallest absolute Gasteiger partial charge is 0.460 e. The van der Waals surface area contributed by atoms with Gasteiger partial charge in [0.15, 0.2) is 17.3 Å². The van der Waals surface area contributed by atoms with Crippen LogP contribution in [0.4, 0.5) is 8.78 Å². The fourth-order valence-corrected chi connectivity index (χ4v) is 8.83. The van der Waals surface area contributed by atoms with Crippen LogP contribution in [0, 0.1) is 17.6 Å². The number of ether oxygens (including phenoxy) is 3. The van der Waals surface area contributed by atoms with Crippen LogP contribution in [0.1, 0.15) is 52.5 Å². The largest absolute Gasteiger partial charge is 0.483 e. The van der Waals surface area contributed by atoms with Crippen LogP contribution in [0.15, 0.2) is 58.4 Å². The van der Waals surface area contributed by atoms with Gasteiger partial charge in [0.05, 0.1) is 6.04 Å². The molecule has 3 aromatic rings. The standard InChI is InChI=1S/C33H32F2N3O13PS/c34-23-6-5-20-22(28(23)35)14-53-25-4-2-1-3-21(25)29(20)38-15-36(33-9-19(10-33)11-33)32(44)30-31(24(41)7-8-37(30)38)48-18-51-52(45,49-16-46-26(42)12-39)50-17-47-27(43)13-40/h1-8,19,29,39-40H,9-18H2/t19?,29-,33?/m0/s1. The number of amides is 1. The number of pyridine rings is 1. The lowest BCUT2D eigenvalue weighted by Crippen LogP contribution is -2.73. The summed E-state index contributed by atoms with van der Waals surface area (Å²) in [7, 11) is -4.82. The maximum absolute atomic E-state index is 15.5. The Labute approximate surface area is 303 Å². The summed E-state index contributed by atoms with van der Waals surface area (Å²) in [6.45, 7) is -5.18. The van der Waals surface area contributed by atoms with Crippen molar-refractivity contribution in [1.29, 1.82) is 0 Å². The van der Waals surface area contributed by atoms with E-state index in [1.54, 1.807) is 9.91 Å². The number of aliphatic hydroxyl groups is 2. The van der Waals surface area contributed by atoms with E-state index in [9.17, 15) is 28.1 Å². The van der Waals surface area contributed by atoms with Gasteiger partial charge in [-0.2, -0.15) is 0 Å². The Morgan fingerprint density at radius 1 is 0.906 bits per heavy atom. The van der Waals surface area contributed by atoms with Crippen LogP contribution < -0.4 is 15.2 Å². The number of fused-ring (bicyclic) bond motifs is 3. The second kappa shape index (κ2) is 14.8. The quantitative estimate of drug-likeness (QED) is 0.138. The summed E-state index contributed by atoms with van der Waals surface area (Å²) in [5.41, 5.74) is -0.102. The molecule has 0 saturated heterocycles. The zero-order chi connectivity index (χ0) is 37.5. The van der Waals surface area contributed by atoms with Gasteiger partial charge in [-0.3, -0.25) is 19.3 Å². The summed E-state index contributed by atoms with van der Waals surface area (Å²) >= 11 is 1.35. The van der Waals surface area contributed by atoms with E-state index >= 15 is 4.39 Å². The Morgan fingerprint density at radius 2 is 1.57 bits per heavy atom. The molecule has 2 aliphatic heterocycles. The van der Waals surface area contributed by atoms with Crippen molar-refractivity contribution in [3.63, 3.8) is 0 Å². The van der Waals surface area contributed by atoms with E-state index < -0.39 is 93.7 Å². The second-order valence-electron chi connectivity index (χ2n) is 12.6. The van der Waals surface area contributed by atoms with Crippen molar-refractivity contribution in [1.82, 2.24) is 9.58 Å². The minimum Gasteiger partial charge on any atom is -0.460 e. The van der Waals surface area contributed by atoms with E-state index in [0.717, 1.165) is 41.9 Å². The van der Waals surface area contributed by atoms with Crippen LogP contribution in [0.5, 0.6) is 5.75 Å². The van der Waals surface area contributed by atoms with Crippen LogP contribution in [-0.4, -0.2) is 83.4 Å². The molecule has 20 heteroatoms. The molecule has 0 spiro atoms. The molecule has 2 aromatic carbocycles. The molecule has 2 bridgehead atoms. The van der Waals surface area contributed by atoms with Crippen molar-refractivity contribution < 1.29 is 65.7 Å². The average Bonchev–Trinajstić information content (AvgIpc) is 3.27. The molecule has 1 atom stereocenters. The zero-order valence-electron chi connectivity index (χ0n) is 27.7. The van der Waals surface area contributed by atoms with Crippen LogP contribution in [-0.2, 0) is 43.0 Å². The first-order valence-corrected chi connectivity index (χ1v) is 18.6. The van der Waals surface area contributed by atoms with Crippen molar-refractivity contribution >= 4 is 37.4 Å². The van der Waals surface area contributed by atoms with Gasteiger partial charge in [0.25, 0.3) is 5.91 Å². The lowest BCUT2D eigenvalue weighted by molar-refractivity contribution is -0.157. The first-order valence-electron chi connectivity index (χ1n) is 16.2. The summed E-state index contributed by atoms with van der Waals surface area (Å²) in [6.07, 6.45) is 3.62. The number of rotatable bonds is 14. The summed E-state index contributed by atoms with van der Waals surface area (Å²) in [4.78, 5) is 53.0. The molecule has 3 heterocycles. The topological polar surface area (TPSA) is 193 Å². The molecule has 8 rings (SSSR count). The number of phosphoric ester groups is 1. The van der Waals surface area contributed by atoms with Crippen molar-refractivity contribution in [2.24, 2.45) is 5.92 Å². The summed E-state index contributed by atoms with van der Waals surface area (Å²) in [5.74, 6) is -4.74. The Kier molecular flexibility index (Phi) is 10.3. The Balaban J connectivity index is 1.25. The molecule has 1 amide bonds. The van der Waals surface area contributed by atoms with E-state index in [-0.39, 0.29) is 23.7 Å². The maximum Gasteiger partial charge on any atom is 0.483 e. The van der Waals surface area contributed by atoms with Crippen LogP contribution in [0.3, 0.4) is 0 Å². The summed E-state index contributed by atoms with van der Waals surface area (Å²) < 4.78 is 74.6. The molecule has 16 nitrogen and oxygen atoms in total. The first kappa shape index (κ1) is 37.0. The van der Waals surface area contributed by atoms with Gasteiger partial charge in [0, 0.05) is 34.0 Å². The number of esters is 2. The molecule has 2 N–H and O–H groups in total. The highest BCUT2D eigenvalue weighted by atomic mass is 32.2. The monoisotopic (exact) mass is 779 g/mol. The number of hydrogen-bond acceptors (Lipinski definition) is 15. The second-order valence-corrected chi connectivity index (χ2v) is 15.2. The number of halogens is 2. The van der Waals surface area contributed by atoms with Crippen LogP contribution in [0.25, 0.3) is 0 Å². The Morgan fingerprint density at radius 3 is 2.21 bits per heavy atom. The predicted octanol–water partition coefficient (Wildman–Crippen LogP) is 2.91.